The van der Waals surface area contributed by atoms with Crippen molar-refractivity contribution in [3.8, 4) is 11.3 Å². The standard InChI is InChI=1S/C19H20N6O/c1-20-19(26)14-9-21-8-7-15(14)22-16-6-4-5-13-17-12(11-25(3)23-17)10-24(2)18(13)16/h4-9,11H,10H2,1-3H3,(H,20,26)(H,21,22)/i1D3. The van der Waals surface area contributed by atoms with Crippen LogP contribution < -0.4 is 15.5 Å². The lowest BCUT2D eigenvalue weighted by Gasteiger charge is -2.29. The van der Waals surface area contributed by atoms with Crippen molar-refractivity contribution in [2.75, 3.05) is 24.2 Å². The topological polar surface area (TPSA) is 75.1 Å². The molecule has 2 N–H and O–H groups in total. The van der Waals surface area contributed by atoms with Crippen LogP contribution in [0.2, 0.25) is 0 Å². The van der Waals surface area contributed by atoms with E-state index in [1.165, 1.54) is 6.20 Å². The number of nitrogens with one attached hydrogen (secondary N) is 2. The summed E-state index contributed by atoms with van der Waals surface area (Å²) >= 11 is 0. The zero-order valence-electron chi connectivity index (χ0n) is 17.4. The second-order valence-electron chi connectivity index (χ2n) is 6.23. The molecule has 0 radical (unpaired) electrons. The number of para-hydroxylation sites is 1. The van der Waals surface area contributed by atoms with Gasteiger partial charge in [0, 0.05) is 61.4 Å². The molecule has 0 fully saturated rings. The molecular weight excluding hydrogens is 328 g/mol. The molecule has 0 atom stereocenters. The summed E-state index contributed by atoms with van der Waals surface area (Å²) in [6.07, 6.45) is 4.90. The SMILES string of the molecule is [2H]C([2H])([2H])NC(=O)c1cnccc1Nc1cccc2c1N(C)Cc1cn(C)nc1-2. The van der Waals surface area contributed by atoms with Crippen molar-refractivity contribution in [1.29, 1.82) is 0 Å². The summed E-state index contributed by atoms with van der Waals surface area (Å²) in [6.45, 7) is -1.87. The van der Waals surface area contributed by atoms with E-state index in [9.17, 15) is 4.79 Å². The first-order valence-corrected chi connectivity index (χ1v) is 8.13. The number of pyridine rings is 1. The number of rotatable bonds is 3. The summed E-state index contributed by atoms with van der Waals surface area (Å²) < 4.78 is 23.6. The maximum absolute atomic E-state index is 12.4. The summed E-state index contributed by atoms with van der Waals surface area (Å²) in [5, 5.41) is 9.87. The highest BCUT2D eigenvalue weighted by Gasteiger charge is 2.25. The van der Waals surface area contributed by atoms with Gasteiger partial charge in [-0.15, -0.1) is 0 Å². The van der Waals surface area contributed by atoms with Crippen LogP contribution in [0, 0.1) is 0 Å². The number of aromatic nitrogens is 3. The maximum Gasteiger partial charge on any atom is 0.254 e. The van der Waals surface area contributed by atoms with E-state index in [0.717, 1.165) is 28.2 Å². The highest BCUT2D eigenvalue weighted by molar-refractivity contribution is 6.01. The van der Waals surface area contributed by atoms with Gasteiger partial charge in [0.25, 0.3) is 5.91 Å². The fourth-order valence-corrected chi connectivity index (χ4v) is 3.36. The van der Waals surface area contributed by atoms with Crippen LogP contribution in [0.25, 0.3) is 11.3 Å². The van der Waals surface area contributed by atoms with Gasteiger partial charge in [-0.1, -0.05) is 12.1 Å². The molecule has 0 spiro atoms. The highest BCUT2D eigenvalue weighted by atomic mass is 16.1. The summed E-state index contributed by atoms with van der Waals surface area (Å²) in [4.78, 5) is 18.5. The van der Waals surface area contributed by atoms with Crippen LogP contribution in [-0.4, -0.2) is 34.7 Å². The van der Waals surface area contributed by atoms with Gasteiger partial charge in [-0.05, 0) is 12.1 Å². The number of nitrogens with zero attached hydrogens (tertiary/aromatic N) is 4. The quantitative estimate of drug-likeness (QED) is 0.758. The first-order valence-electron chi connectivity index (χ1n) is 9.63. The number of amides is 1. The Hall–Kier alpha value is -3.35. The van der Waals surface area contributed by atoms with Crippen molar-refractivity contribution in [3.63, 3.8) is 0 Å². The van der Waals surface area contributed by atoms with E-state index in [-0.39, 0.29) is 5.56 Å². The van der Waals surface area contributed by atoms with E-state index >= 15 is 0 Å². The van der Waals surface area contributed by atoms with E-state index in [2.05, 4.69) is 20.3 Å². The predicted octanol–water partition coefficient (Wildman–Crippen LogP) is 2.54. The molecule has 26 heavy (non-hydrogen) atoms. The van der Waals surface area contributed by atoms with Gasteiger partial charge >= 0.3 is 0 Å². The van der Waals surface area contributed by atoms with Crippen LogP contribution in [0.3, 0.4) is 0 Å². The maximum atomic E-state index is 12.4. The molecule has 0 saturated heterocycles. The molecule has 7 nitrogen and oxygen atoms in total. The van der Waals surface area contributed by atoms with Gasteiger partial charge in [-0.25, -0.2) is 0 Å². The lowest BCUT2D eigenvalue weighted by atomic mass is 9.99. The average molecular weight is 351 g/mol. The zero-order chi connectivity index (χ0) is 20.8. The molecule has 7 heteroatoms. The third kappa shape index (κ3) is 2.57. The number of hydrogen-bond donors (Lipinski definition) is 2. The molecule has 0 aliphatic carbocycles. The average Bonchev–Trinajstić information content (AvgIpc) is 3.01. The molecule has 1 aliphatic heterocycles. The van der Waals surface area contributed by atoms with Crippen LogP contribution in [0.4, 0.5) is 17.1 Å². The monoisotopic (exact) mass is 351 g/mol. The lowest BCUT2D eigenvalue weighted by Crippen LogP contribution is -2.23. The number of anilines is 3. The zero-order valence-corrected chi connectivity index (χ0v) is 14.4. The lowest BCUT2D eigenvalue weighted by molar-refractivity contribution is 0.0963. The fraction of sp³-hybridized carbons (Fsp3) is 0.211. The molecule has 4 rings (SSSR count). The van der Waals surface area contributed by atoms with Gasteiger partial charge in [0.2, 0.25) is 0 Å². The number of fused-ring (bicyclic) bond motifs is 3. The van der Waals surface area contributed by atoms with Gasteiger partial charge in [0.15, 0.2) is 0 Å². The third-order valence-corrected chi connectivity index (χ3v) is 4.43. The fourth-order valence-electron chi connectivity index (χ4n) is 3.36. The molecule has 0 unspecified atom stereocenters. The van der Waals surface area contributed by atoms with Crippen LogP contribution >= 0.6 is 0 Å². The van der Waals surface area contributed by atoms with Crippen LogP contribution in [0.1, 0.15) is 20.0 Å². The van der Waals surface area contributed by atoms with Crippen molar-refractivity contribution in [1.82, 2.24) is 20.1 Å². The Bertz CT molecular complexity index is 1090. The Morgan fingerprint density at radius 1 is 1.27 bits per heavy atom. The molecule has 3 aromatic rings. The molecule has 132 valence electrons. The Balaban J connectivity index is 1.74. The third-order valence-electron chi connectivity index (χ3n) is 4.43. The van der Waals surface area contributed by atoms with E-state index < -0.39 is 12.9 Å². The molecule has 2 aromatic heterocycles. The number of aryl methyl sites for hydroxylation is 1. The van der Waals surface area contributed by atoms with Crippen molar-refractivity contribution in [2.24, 2.45) is 7.05 Å². The first-order chi connectivity index (χ1) is 13.7. The summed E-state index contributed by atoms with van der Waals surface area (Å²) in [7, 11) is 3.89. The number of carbonyl (C=O) groups excluding carboxylic acids is 1. The minimum absolute atomic E-state index is 0.151. The second-order valence-corrected chi connectivity index (χ2v) is 6.23. The van der Waals surface area contributed by atoms with Crippen molar-refractivity contribution >= 4 is 23.0 Å². The van der Waals surface area contributed by atoms with E-state index in [1.54, 1.807) is 16.9 Å². The van der Waals surface area contributed by atoms with Gasteiger partial charge < -0.3 is 15.5 Å². The number of hydrogen-bond acceptors (Lipinski definition) is 5. The highest BCUT2D eigenvalue weighted by Crippen LogP contribution is 2.43. The van der Waals surface area contributed by atoms with Crippen molar-refractivity contribution in [2.45, 2.75) is 6.54 Å². The van der Waals surface area contributed by atoms with Crippen molar-refractivity contribution in [3.05, 3.63) is 54.0 Å². The van der Waals surface area contributed by atoms with Crippen LogP contribution in [-0.2, 0) is 13.6 Å². The Labute approximate surface area is 155 Å². The van der Waals surface area contributed by atoms with Crippen LogP contribution in [0.5, 0.6) is 0 Å². The second kappa shape index (κ2) is 6.18. The largest absolute Gasteiger partial charge is 0.368 e. The minimum atomic E-state index is -2.58. The van der Waals surface area contributed by atoms with E-state index in [4.69, 9.17) is 4.11 Å². The Kier molecular flexibility index (Phi) is 3.07. The predicted molar refractivity (Wildman–Crippen MR) is 102 cm³/mol. The molecule has 3 heterocycles. The molecule has 1 amide bonds. The van der Waals surface area contributed by atoms with E-state index in [0.29, 0.717) is 12.2 Å². The molecule has 1 aromatic carbocycles. The molecule has 0 bridgehead atoms. The smallest absolute Gasteiger partial charge is 0.254 e. The number of carbonyl (C=O) groups is 1. The summed E-state index contributed by atoms with van der Waals surface area (Å²) in [5.41, 5.74) is 5.42. The van der Waals surface area contributed by atoms with Gasteiger partial charge in [-0.3, -0.25) is 14.5 Å². The molecular formula is C19H20N6O. The van der Waals surface area contributed by atoms with Crippen LogP contribution in [0.15, 0.2) is 42.9 Å². The molecule has 1 aliphatic rings. The Morgan fingerprint density at radius 2 is 2.15 bits per heavy atom. The van der Waals surface area contributed by atoms with Gasteiger partial charge in [-0.2, -0.15) is 5.10 Å². The minimum Gasteiger partial charge on any atom is -0.368 e. The first kappa shape index (κ1) is 12.9. The summed E-state index contributed by atoms with van der Waals surface area (Å²) in [6, 6.07) is 7.48. The number of benzene rings is 1. The Morgan fingerprint density at radius 3 is 3.00 bits per heavy atom. The summed E-state index contributed by atoms with van der Waals surface area (Å²) in [5.74, 6) is -0.717. The van der Waals surface area contributed by atoms with Gasteiger partial charge in [0.1, 0.15) is 0 Å². The normalized spacial score (nSPS) is 14.5. The van der Waals surface area contributed by atoms with E-state index in [1.807, 2.05) is 43.8 Å². The molecule has 0 saturated carbocycles. The van der Waals surface area contributed by atoms with Crippen molar-refractivity contribution < 1.29 is 8.91 Å². The van der Waals surface area contributed by atoms with Gasteiger partial charge in [0.05, 0.1) is 28.3 Å².